The fraction of sp³-hybridized carbons (Fsp3) is 0.500. The van der Waals surface area contributed by atoms with Gasteiger partial charge in [-0.3, -0.25) is 4.79 Å². The number of fused-ring (bicyclic) bond motifs is 1. The van der Waals surface area contributed by atoms with Crippen LogP contribution in [0.25, 0.3) is 12.2 Å². The molecule has 1 saturated heterocycles. The molecule has 1 aromatic rings. The number of ether oxygens (including phenoxy) is 3. The van der Waals surface area contributed by atoms with Gasteiger partial charge in [-0.1, -0.05) is 12.1 Å². The van der Waals surface area contributed by atoms with Crippen LogP contribution in [0.3, 0.4) is 0 Å². The minimum absolute atomic E-state index is 0.0113. The standard InChI is InChI=1S/C18H23NO4/c1-3-22-17(20)18(10-19-11-18)12-23-16-7-5-13-8-15(21-2)6-4-14(13)9-16/h4-6,8-9,16,19H,3,7,10-12H2,1-2H3. The predicted octanol–water partition coefficient (Wildman–Crippen LogP) is 0.198. The van der Waals surface area contributed by atoms with Crippen LogP contribution in [0.15, 0.2) is 18.2 Å². The van der Waals surface area contributed by atoms with E-state index in [-0.39, 0.29) is 12.1 Å². The highest BCUT2D eigenvalue weighted by atomic mass is 16.5. The molecule has 124 valence electrons. The van der Waals surface area contributed by atoms with Crippen molar-refractivity contribution in [1.82, 2.24) is 5.32 Å². The van der Waals surface area contributed by atoms with Gasteiger partial charge in [-0.15, -0.1) is 0 Å². The molecular formula is C18H23NO4. The Morgan fingerprint density at radius 3 is 2.83 bits per heavy atom. The molecule has 0 amide bonds. The molecule has 3 rings (SSSR count). The van der Waals surface area contributed by atoms with E-state index in [0.717, 1.165) is 22.6 Å². The summed E-state index contributed by atoms with van der Waals surface area (Å²) in [5.74, 6) is 0.693. The van der Waals surface area contributed by atoms with Crippen molar-refractivity contribution in [3.8, 4) is 5.75 Å². The monoisotopic (exact) mass is 317 g/mol. The lowest BCUT2D eigenvalue weighted by atomic mass is 9.82. The number of benzene rings is 1. The molecule has 1 unspecified atom stereocenters. The Morgan fingerprint density at radius 2 is 2.17 bits per heavy atom. The molecule has 1 aliphatic carbocycles. The number of esters is 1. The molecule has 0 saturated carbocycles. The second-order valence-corrected chi connectivity index (χ2v) is 6.06. The van der Waals surface area contributed by atoms with Gasteiger partial charge in [0.15, 0.2) is 0 Å². The largest absolute Gasteiger partial charge is 0.497 e. The zero-order chi connectivity index (χ0) is 16.3. The van der Waals surface area contributed by atoms with Crippen molar-refractivity contribution in [3.63, 3.8) is 0 Å². The summed E-state index contributed by atoms with van der Waals surface area (Å²) >= 11 is 0. The van der Waals surface area contributed by atoms with Crippen LogP contribution < -0.4 is 20.5 Å². The van der Waals surface area contributed by atoms with Gasteiger partial charge in [-0.05, 0) is 42.0 Å². The number of rotatable bonds is 6. The van der Waals surface area contributed by atoms with Gasteiger partial charge in [0, 0.05) is 13.1 Å². The van der Waals surface area contributed by atoms with Crippen molar-refractivity contribution >= 4 is 18.1 Å². The van der Waals surface area contributed by atoms with E-state index in [9.17, 15) is 4.79 Å². The van der Waals surface area contributed by atoms with E-state index in [2.05, 4.69) is 17.5 Å². The van der Waals surface area contributed by atoms with Gasteiger partial charge in [-0.25, -0.2) is 0 Å². The Kier molecular flexibility index (Phi) is 4.68. The van der Waals surface area contributed by atoms with Gasteiger partial charge in [0.1, 0.15) is 11.2 Å². The van der Waals surface area contributed by atoms with Gasteiger partial charge >= 0.3 is 5.97 Å². The molecule has 1 aliphatic heterocycles. The molecule has 0 bridgehead atoms. The van der Waals surface area contributed by atoms with Crippen molar-refractivity contribution in [2.75, 3.05) is 33.4 Å². The molecule has 0 spiro atoms. The van der Waals surface area contributed by atoms with Crippen molar-refractivity contribution in [1.29, 1.82) is 0 Å². The van der Waals surface area contributed by atoms with Crippen LogP contribution in [-0.2, 0) is 14.3 Å². The van der Waals surface area contributed by atoms with E-state index in [4.69, 9.17) is 14.2 Å². The van der Waals surface area contributed by atoms with Crippen LogP contribution in [0.1, 0.15) is 13.3 Å². The summed E-state index contributed by atoms with van der Waals surface area (Å²) in [5, 5.41) is 5.44. The molecule has 1 N–H and O–H groups in total. The Balaban J connectivity index is 1.67. The van der Waals surface area contributed by atoms with Crippen LogP contribution in [0, 0.1) is 5.41 Å². The maximum Gasteiger partial charge on any atom is 0.317 e. The number of hydrogen-bond acceptors (Lipinski definition) is 5. The van der Waals surface area contributed by atoms with Crippen LogP contribution >= 0.6 is 0 Å². The quantitative estimate of drug-likeness (QED) is 0.760. The number of carbonyl (C=O) groups excluding carboxylic acids is 1. The average molecular weight is 317 g/mol. The minimum Gasteiger partial charge on any atom is -0.497 e. The van der Waals surface area contributed by atoms with E-state index < -0.39 is 5.41 Å². The van der Waals surface area contributed by atoms with Crippen molar-refractivity contribution in [3.05, 3.63) is 28.6 Å². The molecular weight excluding hydrogens is 294 g/mol. The molecule has 1 aromatic carbocycles. The second-order valence-electron chi connectivity index (χ2n) is 6.06. The zero-order valence-electron chi connectivity index (χ0n) is 13.6. The normalized spacial score (nSPS) is 21.2. The molecule has 0 aromatic heterocycles. The summed E-state index contributed by atoms with van der Waals surface area (Å²) in [6, 6.07) is 6.01. The number of methoxy groups -OCH3 is 1. The van der Waals surface area contributed by atoms with E-state index in [1.807, 2.05) is 25.1 Å². The van der Waals surface area contributed by atoms with E-state index in [1.54, 1.807) is 7.11 Å². The Morgan fingerprint density at radius 1 is 1.35 bits per heavy atom. The summed E-state index contributed by atoms with van der Waals surface area (Å²) < 4.78 is 16.4. The van der Waals surface area contributed by atoms with Crippen molar-refractivity contribution in [2.45, 2.75) is 19.4 Å². The molecule has 0 radical (unpaired) electrons. The van der Waals surface area contributed by atoms with E-state index in [1.165, 1.54) is 0 Å². The number of nitrogens with one attached hydrogen (secondary N) is 1. The molecule has 1 fully saturated rings. The first-order chi connectivity index (χ1) is 11.2. The third kappa shape index (κ3) is 3.26. The molecule has 5 heteroatoms. The van der Waals surface area contributed by atoms with E-state index >= 15 is 0 Å². The van der Waals surface area contributed by atoms with Crippen molar-refractivity contribution in [2.24, 2.45) is 5.41 Å². The van der Waals surface area contributed by atoms with Gasteiger partial charge in [0.05, 0.1) is 26.4 Å². The maximum atomic E-state index is 12.1. The summed E-state index contributed by atoms with van der Waals surface area (Å²) in [6.07, 6.45) is 5.05. The summed E-state index contributed by atoms with van der Waals surface area (Å²) in [4.78, 5) is 12.1. The lowest BCUT2D eigenvalue weighted by molar-refractivity contribution is -0.164. The van der Waals surface area contributed by atoms with Crippen LogP contribution in [0.2, 0.25) is 0 Å². The molecule has 1 atom stereocenters. The predicted molar refractivity (Wildman–Crippen MR) is 87.5 cm³/mol. The first kappa shape index (κ1) is 16.0. The van der Waals surface area contributed by atoms with Crippen LogP contribution in [0.4, 0.5) is 0 Å². The fourth-order valence-electron chi connectivity index (χ4n) is 2.92. The molecule has 2 aliphatic rings. The molecule has 1 heterocycles. The maximum absolute atomic E-state index is 12.1. The number of carbonyl (C=O) groups is 1. The lowest BCUT2D eigenvalue weighted by Crippen LogP contribution is -2.61. The highest BCUT2D eigenvalue weighted by molar-refractivity contribution is 5.79. The third-order valence-electron chi connectivity index (χ3n) is 4.44. The third-order valence-corrected chi connectivity index (χ3v) is 4.44. The number of hydrogen-bond donors (Lipinski definition) is 1. The second kappa shape index (κ2) is 6.72. The highest BCUT2D eigenvalue weighted by Crippen LogP contribution is 2.26. The summed E-state index contributed by atoms with van der Waals surface area (Å²) in [7, 11) is 1.67. The Hall–Kier alpha value is -1.85. The van der Waals surface area contributed by atoms with Gasteiger partial charge in [0.25, 0.3) is 0 Å². The Labute approximate surface area is 135 Å². The highest BCUT2D eigenvalue weighted by Gasteiger charge is 2.46. The van der Waals surface area contributed by atoms with Crippen LogP contribution in [0.5, 0.6) is 5.75 Å². The lowest BCUT2D eigenvalue weighted by Gasteiger charge is -2.40. The zero-order valence-corrected chi connectivity index (χ0v) is 13.6. The van der Waals surface area contributed by atoms with Crippen LogP contribution in [-0.4, -0.2) is 45.5 Å². The topological polar surface area (TPSA) is 56.8 Å². The van der Waals surface area contributed by atoms with Gasteiger partial charge in [0.2, 0.25) is 0 Å². The fourth-order valence-corrected chi connectivity index (χ4v) is 2.92. The first-order valence-corrected chi connectivity index (χ1v) is 8.02. The smallest absolute Gasteiger partial charge is 0.317 e. The van der Waals surface area contributed by atoms with Gasteiger partial charge in [-0.2, -0.15) is 0 Å². The average Bonchev–Trinajstić information content (AvgIpc) is 2.53. The molecule has 5 nitrogen and oxygen atoms in total. The van der Waals surface area contributed by atoms with Gasteiger partial charge < -0.3 is 19.5 Å². The van der Waals surface area contributed by atoms with E-state index in [0.29, 0.717) is 26.3 Å². The van der Waals surface area contributed by atoms with Crippen molar-refractivity contribution < 1.29 is 19.0 Å². The molecule has 23 heavy (non-hydrogen) atoms. The Bertz CT molecular complexity index is 693. The summed E-state index contributed by atoms with van der Waals surface area (Å²) in [5.41, 5.74) is -0.524. The first-order valence-electron chi connectivity index (χ1n) is 8.02. The SMILES string of the molecule is CCOC(=O)C1(COC2C=c3ccc(OC)cc3=CC2)CNC1. The summed E-state index contributed by atoms with van der Waals surface area (Å²) in [6.45, 7) is 3.86. The minimum atomic E-state index is -0.524.